The quantitative estimate of drug-likeness (QED) is 0.242. The van der Waals surface area contributed by atoms with Gasteiger partial charge in [-0.15, -0.1) is 0 Å². The summed E-state index contributed by atoms with van der Waals surface area (Å²) in [6.45, 7) is 5.47. The molecule has 0 aliphatic heterocycles. The summed E-state index contributed by atoms with van der Waals surface area (Å²) >= 11 is 4.16. The zero-order chi connectivity index (χ0) is 27.1. The Morgan fingerprint density at radius 2 is 1.34 bits per heavy atom. The van der Waals surface area contributed by atoms with E-state index in [1.807, 2.05) is 18.2 Å². The predicted octanol–water partition coefficient (Wildman–Crippen LogP) is 7.04. The van der Waals surface area contributed by atoms with E-state index in [4.69, 9.17) is 4.74 Å². The third-order valence-electron chi connectivity index (χ3n) is 6.18. The van der Waals surface area contributed by atoms with Gasteiger partial charge < -0.3 is 15.0 Å². The lowest BCUT2D eigenvalue weighted by Gasteiger charge is -2.27. The maximum atomic E-state index is 13.0. The molecule has 0 bridgehead atoms. The number of rotatable bonds is 8. The molecule has 194 valence electrons. The molecule has 3 amide bonds. The van der Waals surface area contributed by atoms with Crippen LogP contribution < -0.4 is 15.0 Å². The number of nitrogens with one attached hydrogen (secondary N) is 1. The Morgan fingerprint density at radius 1 is 0.789 bits per heavy atom. The largest absolute Gasteiger partial charge is 0.495 e. The predicted molar refractivity (Wildman–Crippen MR) is 156 cm³/mol. The van der Waals surface area contributed by atoms with Gasteiger partial charge in [0.1, 0.15) is 5.75 Å². The van der Waals surface area contributed by atoms with Crippen molar-refractivity contribution < 1.29 is 14.3 Å². The molecule has 0 aliphatic rings. The molecule has 6 nitrogen and oxygen atoms in total. The van der Waals surface area contributed by atoms with E-state index >= 15 is 0 Å². The molecule has 0 aliphatic carbocycles. The Hall–Kier alpha value is -4.23. The summed E-state index contributed by atoms with van der Waals surface area (Å²) in [5, 5.41) is 2.79. The zero-order valence-corrected chi connectivity index (χ0v) is 22.6. The van der Waals surface area contributed by atoms with Gasteiger partial charge in [0.15, 0.2) is 0 Å². The molecular weight excluding hydrogens is 494 g/mol. The number of hydrogen-bond acceptors (Lipinski definition) is 5. The summed E-state index contributed by atoms with van der Waals surface area (Å²) in [5.74, 6) is -0.0523. The van der Waals surface area contributed by atoms with Crippen molar-refractivity contribution in [2.75, 3.05) is 17.3 Å². The average molecular weight is 526 g/mol. The topological polar surface area (TPSA) is 61.9 Å². The van der Waals surface area contributed by atoms with E-state index in [9.17, 15) is 9.59 Å². The van der Waals surface area contributed by atoms with E-state index in [0.717, 1.165) is 9.99 Å². The molecule has 7 heteroatoms. The number of hydrogen-bond donors (Lipinski definition) is 2. The first-order valence-corrected chi connectivity index (χ1v) is 12.7. The van der Waals surface area contributed by atoms with Crippen LogP contribution in [0.4, 0.5) is 16.2 Å². The van der Waals surface area contributed by atoms with Crippen molar-refractivity contribution >= 4 is 36.1 Å². The van der Waals surface area contributed by atoms with Crippen molar-refractivity contribution in [2.45, 2.75) is 26.9 Å². The van der Waals surface area contributed by atoms with Crippen molar-refractivity contribution in [2.24, 2.45) is 0 Å². The van der Waals surface area contributed by atoms with Crippen molar-refractivity contribution in [3.8, 4) is 5.75 Å². The fourth-order valence-electron chi connectivity index (χ4n) is 4.02. The number of ether oxygens (including phenoxy) is 1. The van der Waals surface area contributed by atoms with Crippen LogP contribution in [-0.4, -0.2) is 23.4 Å². The molecule has 0 aromatic heterocycles. The summed E-state index contributed by atoms with van der Waals surface area (Å²) in [6, 6.07) is 30.4. The molecule has 4 aromatic carbocycles. The number of benzene rings is 4. The summed E-state index contributed by atoms with van der Waals surface area (Å²) in [7, 11) is 1.54. The lowest BCUT2D eigenvalue weighted by Crippen LogP contribution is -2.32. The van der Waals surface area contributed by atoms with Crippen LogP contribution in [0.5, 0.6) is 5.75 Å². The molecule has 0 heterocycles. The van der Waals surface area contributed by atoms with Crippen LogP contribution in [0, 0.1) is 13.8 Å². The number of urea groups is 1. The second kappa shape index (κ2) is 12.3. The van der Waals surface area contributed by atoms with Crippen molar-refractivity contribution in [3.05, 3.63) is 125 Å². The van der Waals surface area contributed by atoms with E-state index in [2.05, 4.69) is 85.4 Å². The van der Waals surface area contributed by atoms with Crippen LogP contribution in [-0.2, 0) is 13.1 Å². The number of nitrogens with zero attached hydrogens (tertiary/aromatic N) is 2. The minimum absolute atomic E-state index is 0.362. The van der Waals surface area contributed by atoms with Gasteiger partial charge in [-0.25, -0.2) is 9.10 Å². The minimum atomic E-state index is -0.679. The number of imide groups is 1. The van der Waals surface area contributed by atoms with Crippen LogP contribution in [0.25, 0.3) is 0 Å². The number of amides is 3. The molecule has 0 fully saturated rings. The average Bonchev–Trinajstić information content (AvgIpc) is 2.94. The first-order chi connectivity index (χ1) is 18.3. The fraction of sp³-hybridized carbons (Fsp3) is 0.161. The van der Waals surface area contributed by atoms with E-state index < -0.39 is 11.9 Å². The summed E-state index contributed by atoms with van der Waals surface area (Å²) in [5.41, 5.74) is 6.43. The Labute approximate surface area is 229 Å². The van der Waals surface area contributed by atoms with E-state index in [1.54, 1.807) is 30.3 Å². The van der Waals surface area contributed by atoms with Gasteiger partial charge >= 0.3 is 6.03 Å². The van der Waals surface area contributed by atoms with Gasteiger partial charge in [0.2, 0.25) is 0 Å². The van der Waals surface area contributed by atoms with E-state index in [1.165, 1.54) is 29.4 Å². The smallest absolute Gasteiger partial charge is 0.339 e. The standard InChI is InChI=1S/C31H31N3O3S/c1-22-9-13-24(14-10-22)20-33(21-25-15-11-23(2)12-16-25)27-17-18-29(37-3)28(19-27)32-31(36)34(38)30(35)26-7-5-4-6-8-26/h4-19,38H,20-21H2,1-3H3,(H,32,36). The van der Waals surface area contributed by atoms with Crippen molar-refractivity contribution in [3.63, 3.8) is 0 Å². The number of anilines is 2. The molecule has 0 spiro atoms. The Kier molecular flexibility index (Phi) is 8.71. The maximum Gasteiger partial charge on any atom is 0.339 e. The second-order valence-electron chi connectivity index (χ2n) is 9.12. The Balaban J connectivity index is 1.61. The van der Waals surface area contributed by atoms with Gasteiger partial charge in [-0.2, -0.15) is 0 Å². The SMILES string of the molecule is COc1ccc(N(Cc2ccc(C)cc2)Cc2ccc(C)cc2)cc1NC(=O)N(S)C(=O)c1ccccc1. The maximum absolute atomic E-state index is 13.0. The highest BCUT2D eigenvalue weighted by atomic mass is 32.1. The van der Waals surface area contributed by atoms with Crippen LogP contribution in [0.1, 0.15) is 32.6 Å². The molecular formula is C31H31N3O3S. The van der Waals surface area contributed by atoms with Crippen LogP contribution >= 0.6 is 12.8 Å². The van der Waals surface area contributed by atoms with Gasteiger partial charge in [-0.1, -0.05) is 90.7 Å². The highest BCUT2D eigenvalue weighted by Crippen LogP contribution is 2.32. The molecule has 0 radical (unpaired) electrons. The second-order valence-corrected chi connectivity index (χ2v) is 9.52. The molecule has 0 atom stereocenters. The molecule has 0 saturated heterocycles. The lowest BCUT2D eigenvalue weighted by molar-refractivity contribution is 0.0901. The van der Waals surface area contributed by atoms with E-state index in [-0.39, 0.29) is 0 Å². The van der Waals surface area contributed by atoms with Gasteiger partial charge in [-0.05, 0) is 55.3 Å². The van der Waals surface area contributed by atoms with Crippen molar-refractivity contribution in [1.29, 1.82) is 0 Å². The van der Waals surface area contributed by atoms with Crippen LogP contribution in [0.2, 0.25) is 0 Å². The highest BCUT2D eigenvalue weighted by Gasteiger charge is 2.22. The monoisotopic (exact) mass is 525 g/mol. The number of carbonyl (C=O) groups excluding carboxylic acids is 2. The molecule has 0 unspecified atom stereocenters. The summed E-state index contributed by atoms with van der Waals surface area (Å²) in [6.07, 6.45) is 0. The van der Waals surface area contributed by atoms with Gasteiger partial charge in [-0.3, -0.25) is 4.79 Å². The third-order valence-corrected chi connectivity index (χ3v) is 6.55. The van der Waals surface area contributed by atoms with Crippen LogP contribution in [0.15, 0.2) is 97.1 Å². The number of carbonyl (C=O) groups is 2. The molecule has 4 aromatic rings. The molecule has 0 saturated carbocycles. The fourth-order valence-corrected chi connectivity index (χ4v) is 4.19. The van der Waals surface area contributed by atoms with Gasteiger partial charge in [0, 0.05) is 24.3 Å². The number of thiol groups is 1. The summed E-state index contributed by atoms with van der Waals surface area (Å²) < 4.78 is 6.27. The highest BCUT2D eigenvalue weighted by molar-refractivity contribution is 7.79. The Bertz CT molecular complexity index is 1340. The Morgan fingerprint density at radius 3 is 1.87 bits per heavy atom. The minimum Gasteiger partial charge on any atom is -0.495 e. The summed E-state index contributed by atoms with van der Waals surface area (Å²) in [4.78, 5) is 27.9. The third kappa shape index (κ3) is 6.75. The van der Waals surface area contributed by atoms with Crippen LogP contribution in [0.3, 0.4) is 0 Å². The van der Waals surface area contributed by atoms with Crippen molar-refractivity contribution in [1.82, 2.24) is 4.31 Å². The van der Waals surface area contributed by atoms with Gasteiger partial charge in [0.25, 0.3) is 5.91 Å². The van der Waals surface area contributed by atoms with E-state index in [0.29, 0.717) is 30.1 Å². The molecule has 4 rings (SSSR count). The molecule has 38 heavy (non-hydrogen) atoms. The lowest BCUT2D eigenvalue weighted by atomic mass is 10.1. The zero-order valence-electron chi connectivity index (χ0n) is 21.7. The first kappa shape index (κ1) is 26.8. The number of methoxy groups -OCH3 is 1. The van der Waals surface area contributed by atoms with Gasteiger partial charge in [0.05, 0.1) is 12.8 Å². The number of aryl methyl sites for hydroxylation is 2. The normalized spacial score (nSPS) is 10.5. The molecule has 1 N–H and O–H groups in total. The first-order valence-electron chi connectivity index (χ1n) is 12.3.